The molecule has 0 aliphatic rings. The van der Waals surface area contributed by atoms with Crippen molar-refractivity contribution in [1.29, 1.82) is 0 Å². The van der Waals surface area contributed by atoms with Crippen molar-refractivity contribution in [2.24, 2.45) is 0 Å². The number of carboxylic acid groups (broad SMARTS) is 6. The van der Waals surface area contributed by atoms with Crippen molar-refractivity contribution >= 4 is 39.3 Å². The molecule has 0 aromatic carbocycles. The van der Waals surface area contributed by atoms with E-state index < -0.39 is 39.3 Å². The van der Waals surface area contributed by atoms with E-state index >= 15 is 0 Å². The fourth-order valence-electron chi connectivity index (χ4n) is 3.51. The monoisotopic (exact) mass is 806 g/mol. The standard InChI is InChI=1S/2C12H26O4S.3CH2O3.4Na/c2*1-2-3-4-5-6-7-8-9-10-11-12-16-17(13,14)15;3*2-1(3)4;;;;/h2*2-12H2,1H3,(H,13,14,15);3*(H2,2,3,4);;;;/q;;;;;4*+1/p-4. The summed E-state index contributed by atoms with van der Waals surface area (Å²) in [7, 11) is -8.47. The van der Waals surface area contributed by atoms with Gasteiger partial charge in [-0.15, -0.1) is 0 Å². The summed E-state index contributed by atoms with van der Waals surface area (Å²) in [4.78, 5) is 25.2. The van der Waals surface area contributed by atoms with Crippen LogP contribution < -0.4 is 139 Å². The van der Waals surface area contributed by atoms with Gasteiger partial charge in [0.2, 0.25) is 0 Å². The van der Waals surface area contributed by atoms with Crippen molar-refractivity contribution in [2.45, 2.75) is 142 Å². The van der Waals surface area contributed by atoms with E-state index in [-0.39, 0.29) is 131 Å². The van der Waals surface area contributed by atoms with Crippen molar-refractivity contribution in [1.82, 2.24) is 0 Å². The third kappa shape index (κ3) is 134. The van der Waals surface area contributed by atoms with E-state index in [0.717, 1.165) is 25.7 Å². The predicted octanol–water partition coefficient (Wildman–Crippen LogP) is -9.20. The second kappa shape index (κ2) is 57.3. The van der Waals surface area contributed by atoms with Gasteiger partial charge in [0.15, 0.2) is 0 Å². The van der Waals surface area contributed by atoms with E-state index in [0.29, 0.717) is 12.8 Å². The van der Waals surface area contributed by atoms with Gasteiger partial charge in [-0.05, 0) is 25.2 Å². The summed E-state index contributed by atoms with van der Waals surface area (Å²) >= 11 is 0. The van der Waals surface area contributed by atoms with Gasteiger partial charge in [0.25, 0.3) is 0 Å². The number of hydrogen-bond donors (Lipinski definition) is 4. The molecule has 0 amide bonds. The number of rotatable bonds is 24. The summed E-state index contributed by atoms with van der Waals surface area (Å²) in [6, 6.07) is 0. The quantitative estimate of drug-likeness (QED) is 0.0400. The molecule has 0 atom stereocenters. The smallest absolute Gasteiger partial charge is 0.652 e. The van der Waals surface area contributed by atoms with E-state index in [4.69, 9.17) is 54.1 Å². The number of unbranched alkanes of at least 4 members (excludes halogenated alkanes) is 18. The van der Waals surface area contributed by atoms with Crippen LogP contribution in [0.3, 0.4) is 0 Å². The average Bonchev–Trinajstić information content (AvgIpc) is 2.88. The maximum absolute atomic E-state index is 10.2. The van der Waals surface area contributed by atoms with E-state index in [9.17, 15) is 16.8 Å². The Morgan fingerprint density at radius 3 is 0.720 bits per heavy atom. The maximum Gasteiger partial charge on any atom is 1.00 e. The Morgan fingerprint density at radius 2 is 0.580 bits per heavy atom. The molecule has 4 N–H and O–H groups in total. The first kappa shape index (κ1) is 72.8. The largest absolute Gasteiger partial charge is 1.00 e. The molecule has 0 unspecified atom stereocenters. The Morgan fingerprint density at radius 1 is 0.440 bits per heavy atom. The third-order valence-corrected chi connectivity index (χ3v) is 6.39. The zero-order valence-electron chi connectivity index (χ0n) is 31.0. The van der Waals surface area contributed by atoms with Crippen molar-refractivity contribution in [3.8, 4) is 0 Å². The molecule has 0 rings (SSSR count). The fourth-order valence-corrected chi connectivity index (χ4v) is 4.16. The first-order chi connectivity index (χ1) is 21.3. The molecule has 0 spiro atoms. The molecule has 0 saturated carbocycles. The van der Waals surface area contributed by atoms with Gasteiger partial charge < -0.3 is 40.2 Å². The minimum absolute atomic E-state index is 0. The summed E-state index contributed by atoms with van der Waals surface area (Å²) in [5.41, 5.74) is 0. The first-order valence-corrected chi connectivity index (χ1v) is 18.0. The van der Waals surface area contributed by atoms with Crippen LogP contribution in [-0.2, 0) is 29.2 Å². The number of hydrogen-bond acceptors (Lipinski definition) is 13. The van der Waals surface area contributed by atoms with E-state index in [1.807, 2.05) is 0 Å². The molecule has 0 aromatic heterocycles. The van der Waals surface area contributed by atoms with Gasteiger partial charge in [0.1, 0.15) is 0 Å². The van der Waals surface area contributed by atoms with Crippen LogP contribution in [-0.4, -0.2) is 67.8 Å². The summed E-state index contributed by atoms with van der Waals surface area (Å²) in [6.07, 6.45) is 17.2. The third-order valence-electron chi connectivity index (χ3n) is 5.46. The Kier molecular flexibility index (Phi) is 83.3. The van der Waals surface area contributed by atoms with Crippen LogP contribution >= 0.6 is 0 Å². The van der Waals surface area contributed by atoms with E-state index in [2.05, 4.69) is 22.2 Å². The molecule has 0 saturated heterocycles. The molecule has 0 aromatic rings. The zero-order chi connectivity index (χ0) is 36.7. The van der Waals surface area contributed by atoms with Crippen LogP contribution in [0.25, 0.3) is 0 Å². The molecule has 23 heteroatoms. The van der Waals surface area contributed by atoms with Gasteiger partial charge in [-0.1, -0.05) is 129 Å². The second-order valence-electron chi connectivity index (χ2n) is 9.65. The van der Waals surface area contributed by atoms with Crippen LogP contribution in [0.1, 0.15) is 142 Å². The van der Waals surface area contributed by atoms with E-state index in [1.54, 1.807) is 0 Å². The summed E-state index contributed by atoms with van der Waals surface area (Å²) < 4.78 is 66.0. The van der Waals surface area contributed by atoms with Crippen LogP contribution in [0.4, 0.5) is 14.4 Å². The van der Waals surface area contributed by atoms with Crippen molar-refractivity contribution < 1.29 is 198 Å². The van der Waals surface area contributed by atoms with Gasteiger partial charge in [-0.25, -0.2) is 13.2 Å². The number of carbonyl (C=O) groups is 3. The van der Waals surface area contributed by atoms with Crippen molar-refractivity contribution in [3.05, 3.63) is 0 Å². The Hall–Kier alpha value is 1.55. The number of carbonyl (C=O) groups excluding carboxylic acids is 2. The van der Waals surface area contributed by atoms with Crippen LogP contribution in [0.2, 0.25) is 0 Å². The van der Waals surface area contributed by atoms with Gasteiger partial charge in [0.05, 0.1) is 13.2 Å². The molecule has 0 radical (unpaired) electrons. The van der Waals surface area contributed by atoms with Crippen LogP contribution in [0, 0.1) is 0 Å². The van der Waals surface area contributed by atoms with E-state index in [1.165, 1.54) is 89.9 Å². The average molecular weight is 807 g/mol. The van der Waals surface area contributed by atoms with Crippen molar-refractivity contribution in [3.63, 3.8) is 0 Å². The molecular formula is C27H54Na4O17S2. The Bertz CT molecular complexity index is 804. The summed E-state index contributed by atoms with van der Waals surface area (Å²) in [5.74, 6) is 0. The molecule has 0 heterocycles. The molecule has 50 heavy (non-hydrogen) atoms. The normalized spacial score (nSPS) is 9.52. The molecule has 0 fully saturated rings. The first-order valence-electron chi connectivity index (χ1n) is 15.2. The minimum Gasteiger partial charge on any atom is -0.652 e. The fraction of sp³-hybridized carbons (Fsp3) is 0.889. The second-order valence-corrected chi connectivity index (χ2v) is 11.8. The molecule has 0 aliphatic heterocycles. The SMILES string of the molecule is CCCCCCCCCCCCOS(=O)(=O)O.CCCCCCCCCCCCOS(=O)(=O)O.O=C(O)O.O=C([O-])[O-].O=C([O-])[O-].[Na+].[Na+].[Na+].[Na+]. The Balaban J connectivity index is -0.0000000683. The Labute approximate surface area is 387 Å². The summed E-state index contributed by atoms with van der Waals surface area (Å²) in [5, 5.41) is 47.3. The van der Waals surface area contributed by atoms with Gasteiger partial charge >= 0.3 is 145 Å². The van der Waals surface area contributed by atoms with Crippen LogP contribution in [0.15, 0.2) is 0 Å². The molecule has 0 bridgehead atoms. The summed E-state index contributed by atoms with van der Waals surface area (Å²) in [6.45, 7) is 4.62. The zero-order valence-corrected chi connectivity index (χ0v) is 40.6. The van der Waals surface area contributed by atoms with Gasteiger partial charge in [-0.3, -0.25) is 9.11 Å². The maximum atomic E-state index is 10.2. The molecular weight excluding hydrogens is 752 g/mol. The van der Waals surface area contributed by atoms with Crippen molar-refractivity contribution in [2.75, 3.05) is 13.2 Å². The molecule has 0 aliphatic carbocycles. The predicted molar refractivity (Wildman–Crippen MR) is 160 cm³/mol. The van der Waals surface area contributed by atoms with Crippen LogP contribution in [0.5, 0.6) is 0 Å². The molecule has 280 valence electrons. The minimum atomic E-state index is -4.23. The van der Waals surface area contributed by atoms with Gasteiger partial charge in [-0.2, -0.15) is 16.8 Å². The van der Waals surface area contributed by atoms with Gasteiger partial charge in [0, 0.05) is 0 Å². The topological polar surface area (TPSA) is 311 Å². The molecule has 17 nitrogen and oxygen atoms in total.